The molecule has 2 aromatic rings. The maximum atomic E-state index is 12.8. The van der Waals surface area contributed by atoms with Gasteiger partial charge in [0.25, 0.3) is 5.91 Å². The Labute approximate surface area is 169 Å². The van der Waals surface area contributed by atoms with Crippen LogP contribution in [0.1, 0.15) is 15.9 Å². The minimum Gasteiger partial charge on any atom is -0.478 e. The largest absolute Gasteiger partial charge is 0.478 e. The first-order valence-electron chi connectivity index (χ1n) is 7.98. The van der Waals surface area contributed by atoms with Gasteiger partial charge in [-0.05, 0) is 53.7 Å². The summed E-state index contributed by atoms with van der Waals surface area (Å²) in [6.07, 6.45) is 3.44. The van der Waals surface area contributed by atoms with E-state index in [2.05, 4.69) is 27.5 Å². The highest BCUT2D eigenvalue weighted by atomic mass is 79.9. The Bertz CT molecular complexity index is 985. The van der Waals surface area contributed by atoms with Crippen molar-refractivity contribution in [3.05, 3.63) is 81.7 Å². The second-order valence-corrected chi connectivity index (χ2v) is 7.54. The number of carboxylic acid groups (broad SMARTS) is 1. The Morgan fingerprint density at radius 3 is 2.74 bits per heavy atom. The smallest absolute Gasteiger partial charge is 0.335 e. The van der Waals surface area contributed by atoms with E-state index in [1.165, 1.54) is 28.8 Å². The molecule has 1 N–H and O–H groups in total. The number of carbonyl (C=O) groups excluding carboxylic acids is 1. The van der Waals surface area contributed by atoms with Crippen molar-refractivity contribution in [3.8, 4) is 0 Å². The van der Waals surface area contributed by atoms with Gasteiger partial charge >= 0.3 is 5.97 Å². The van der Waals surface area contributed by atoms with Crippen LogP contribution >= 0.6 is 27.7 Å². The molecule has 0 atom stereocenters. The van der Waals surface area contributed by atoms with E-state index in [0.717, 1.165) is 10.0 Å². The van der Waals surface area contributed by atoms with Gasteiger partial charge in [-0.15, -0.1) is 6.58 Å². The van der Waals surface area contributed by atoms with Crippen LogP contribution in [0.4, 0.5) is 5.69 Å². The Morgan fingerprint density at radius 1 is 1.26 bits per heavy atom. The topological polar surface area (TPSA) is 70.0 Å². The number of hydrogen-bond donors (Lipinski definition) is 1. The van der Waals surface area contributed by atoms with Gasteiger partial charge in [-0.25, -0.2) is 9.79 Å². The Kier molecular flexibility index (Phi) is 5.93. The van der Waals surface area contributed by atoms with Gasteiger partial charge in [0.05, 0.1) is 16.2 Å². The number of amidine groups is 1. The van der Waals surface area contributed by atoms with Crippen molar-refractivity contribution in [1.29, 1.82) is 0 Å². The number of halogens is 1. The molecule has 0 aliphatic carbocycles. The zero-order chi connectivity index (χ0) is 19.4. The molecule has 1 saturated heterocycles. The molecule has 5 nitrogen and oxygen atoms in total. The van der Waals surface area contributed by atoms with E-state index < -0.39 is 5.97 Å². The predicted molar refractivity (Wildman–Crippen MR) is 112 cm³/mol. The van der Waals surface area contributed by atoms with E-state index in [1.54, 1.807) is 18.2 Å². The van der Waals surface area contributed by atoms with E-state index in [1.807, 2.05) is 30.3 Å². The highest BCUT2D eigenvalue weighted by Gasteiger charge is 2.32. The number of rotatable bonds is 5. The molecule has 0 saturated carbocycles. The van der Waals surface area contributed by atoms with Crippen molar-refractivity contribution in [2.45, 2.75) is 0 Å². The number of thioether (sulfide) groups is 1. The summed E-state index contributed by atoms with van der Waals surface area (Å²) in [7, 11) is 0. The SMILES string of the molecule is C=CCN1C(=O)/C(=C/c2cccc(Br)c2)SC1=Nc1cccc(C(=O)O)c1. The van der Waals surface area contributed by atoms with Gasteiger partial charge in [-0.2, -0.15) is 0 Å². The number of hydrogen-bond acceptors (Lipinski definition) is 4. The maximum Gasteiger partial charge on any atom is 0.335 e. The Morgan fingerprint density at radius 2 is 2.04 bits per heavy atom. The number of amides is 1. The molecule has 0 spiro atoms. The predicted octanol–water partition coefficient (Wildman–Crippen LogP) is 4.94. The van der Waals surface area contributed by atoms with Crippen LogP contribution in [0.3, 0.4) is 0 Å². The van der Waals surface area contributed by atoms with Crippen LogP contribution in [-0.2, 0) is 4.79 Å². The van der Waals surface area contributed by atoms with Crippen molar-refractivity contribution < 1.29 is 14.7 Å². The Balaban J connectivity index is 1.97. The number of nitrogens with zero attached hydrogens (tertiary/aromatic N) is 2. The van der Waals surface area contributed by atoms with Crippen molar-refractivity contribution >= 4 is 56.5 Å². The molecule has 1 fully saturated rings. The molecular weight excluding hydrogens is 428 g/mol. The van der Waals surface area contributed by atoms with E-state index >= 15 is 0 Å². The van der Waals surface area contributed by atoms with Crippen LogP contribution in [-0.4, -0.2) is 33.6 Å². The number of aliphatic imine (C=N–C) groups is 1. The monoisotopic (exact) mass is 442 g/mol. The summed E-state index contributed by atoms with van der Waals surface area (Å²) in [6, 6.07) is 13.9. The summed E-state index contributed by atoms with van der Waals surface area (Å²) in [4.78, 5) is 30.5. The Hall–Kier alpha value is -2.64. The third kappa shape index (κ3) is 4.56. The van der Waals surface area contributed by atoms with Crippen molar-refractivity contribution in [2.24, 2.45) is 4.99 Å². The fourth-order valence-electron chi connectivity index (χ4n) is 2.45. The number of aromatic carboxylic acids is 1. The molecule has 0 bridgehead atoms. The molecule has 0 aromatic heterocycles. The lowest BCUT2D eigenvalue weighted by atomic mass is 10.2. The van der Waals surface area contributed by atoms with Crippen LogP contribution in [0.2, 0.25) is 0 Å². The number of benzene rings is 2. The average molecular weight is 443 g/mol. The first kappa shape index (κ1) is 19.1. The second kappa shape index (κ2) is 8.37. The molecule has 27 heavy (non-hydrogen) atoms. The highest BCUT2D eigenvalue weighted by Crippen LogP contribution is 2.34. The molecule has 0 radical (unpaired) electrons. The minimum absolute atomic E-state index is 0.145. The molecule has 0 unspecified atom stereocenters. The van der Waals surface area contributed by atoms with Gasteiger partial charge < -0.3 is 5.11 Å². The van der Waals surface area contributed by atoms with Crippen molar-refractivity contribution in [2.75, 3.05) is 6.54 Å². The summed E-state index contributed by atoms with van der Waals surface area (Å²) < 4.78 is 0.926. The normalized spacial score (nSPS) is 16.9. The van der Waals surface area contributed by atoms with Gasteiger partial charge in [0.1, 0.15) is 0 Å². The van der Waals surface area contributed by atoms with Crippen LogP contribution in [0.5, 0.6) is 0 Å². The zero-order valence-corrected chi connectivity index (χ0v) is 16.5. The molecule has 1 heterocycles. The van der Waals surface area contributed by atoms with E-state index in [4.69, 9.17) is 5.11 Å². The number of carboxylic acids is 1. The molecule has 136 valence electrons. The first-order valence-corrected chi connectivity index (χ1v) is 9.59. The standard InChI is InChI=1S/C20H15BrN2O3S/c1-2-9-23-18(24)17(11-13-5-3-7-15(21)10-13)27-20(23)22-16-8-4-6-14(12-16)19(25)26/h2-8,10-12H,1,9H2,(H,25,26)/b17-11-,22-20?. The highest BCUT2D eigenvalue weighted by molar-refractivity contribution is 9.10. The van der Waals surface area contributed by atoms with Crippen LogP contribution in [0.15, 0.2) is 75.6 Å². The van der Waals surface area contributed by atoms with Crippen LogP contribution < -0.4 is 0 Å². The molecule has 1 amide bonds. The maximum absolute atomic E-state index is 12.8. The van der Waals surface area contributed by atoms with Crippen molar-refractivity contribution in [3.63, 3.8) is 0 Å². The van der Waals surface area contributed by atoms with Crippen molar-refractivity contribution in [1.82, 2.24) is 4.90 Å². The average Bonchev–Trinajstić information content (AvgIpc) is 2.91. The molecule has 1 aliphatic heterocycles. The molecule has 2 aromatic carbocycles. The quantitative estimate of drug-likeness (QED) is 0.525. The fourth-order valence-corrected chi connectivity index (χ4v) is 3.87. The fraction of sp³-hybridized carbons (Fsp3) is 0.0500. The van der Waals surface area contributed by atoms with Gasteiger partial charge in [0.15, 0.2) is 5.17 Å². The van der Waals surface area contributed by atoms with Gasteiger partial charge in [-0.1, -0.05) is 40.2 Å². The summed E-state index contributed by atoms with van der Waals surface area (Å²) in [5.74, 6) is -1.18. The summed E-state index contributed by atoms with van der Waals surface area (Å²) in [5, 5.41) is 9.62. The molecular formula is C20H15BrN2O3S. The van der Waals surface area contributed by atoms with Crippen LogP contribution in [0, 0.1) is 0 Å². The van der Waals surface area contributed by atoms with E-state index in [9.17, 15) is 9.59 Å². The van der Waals surface area contributed by atoms with E-state index in [-0.39, 0.29) is 11.5 Å². The lowest BCUT2D eigenvalue weighted by Crippen LogP contribution is -2.29. The van der Waals surface area contributed by atoms with Gasteiger partial charge in [0.2, 0.25) is 0 Å². The summed E-state index contributed by atoms with van der Waals surface area (Å²) in [5.41, 5.74) is 1.52. The van der Waals surface area contributed by atoms with Crippen LogP contribution in [0.25, 0.3) is 6.08 Å². The lowest BCUT2D eigenvalue weighted by molar-refractivity contribution is -0.121. The molecule has 7 heteroatoms. The van der Waals surface area contributed by atoms with Gasteiger partial charge in [-0.3, -0.25) is 9.69 Å². The second-order valence-electron chi connectivity index (χ2n) is 5.62. The van der Waals surface area contributed by atoms with Gasteiger partial charge in [0, 0.05) is 11.0 Å². The third-order valence-corrected chi connectivity index (χ3v) is 5.16. The third-order valence-electron chi connectivity index (χ3n) is 3.66. The minimum atomic E-state index is -1.02. The molecule has 3 rings (SSSR count). The molecule has 1 aliphatic rings. The zero-order valence-electron chi connectivity index (χ0n) is 14.1. The first-order chi connectivity index (χ1) is 13.0. The summed E-state index contributed by atoms with van der Waals surface area (Å²) >= 11 is 4.68. The number of carbonyl (C=O) groups is 2. The lowest BCUT2D eigenvalue weighted by Gasteiger charge is -2.12. The van der Waals surface area contributed by atoms with E-state index in [0.29, 0.717) is 22.3 Å². The summed E-state index contributed by atoms with van der Waals surface area (Å²) in [6.45, 7) is 4.02.